The van der Waals surface area contributed by atoms with Gasteiger partial charge in [0.05, 0.1) is 5.56 Å². The largest absolute Gasteiger partial charge is 0.478 e. The molecule has 1 amide bonds. The van der Waals surface area contributed by atoms with Crippen LogP contribution in [0.15, 0.2) is 11.1 Å². The van der Waals surface area contributed by atoms with Crippen LogP contribution in [0.3, 0.4) is 0 Å². The van der Waals surface area contributed by atoms with Crippen LogP contribution >= 0.6 is 22.9 Å². The molecular formula is C18H17F2N3O3S2. The SMILES string of the molecule is Cc1nsc(-c2c(NC(=O)C3=C(C(=O)O)CCC3)sc3c2CCC(F)(F)C3)n1. The number of carbonyl (C=O) groups excluding carboxylic acids is 1. The van der Waals surface area contributed by atoms with E-state index in [-0.39, 0.29) is 30.4 Å². The fraction of sp³-hybridized carbons (Fsp3) is 0.444. The molecule has 2 N–H and O–H groups in total. The molecule has 6 nitrogen and oxygen atoms in total. The van der Waals surface area contributed by atoms with E-state index in [9.17, 15) is 23.5 Å². The van der Waals surface area contributed by atoms with Gasteiger partial charge in [0.25, 0.3) is 11.8 Å². The predicted molar refractivity (Wildman–Crippen MR) is 102 cm³/mol. The number of hydrogen-bond donors (Lipinski definition) is 2. The molecule has 2 aliphatic carbocycles. The first-order valence-electron chi connectivity index (χ1n) is 8.85. The third kappa shape index (κ3) is 3.46. The molecule has 2 heterocycles. The number of carboxylic acids is 1. The Morgan fingerprint density at radius 3 is 2.64 bits per heavy atom. The number of alkyl halides is 2. The molecule has 0 bridgehead atoms. The van der Waals surface area contributed by atoms with Crippen molar-refractivity contribution in [2.24, 2.45) is 0 Å². The number of carbonyl (C=O) groups is 2. The van der Waals surface area contributed by atoms with E-state index >= 15 is 0 Å². The Morgan fingerprint density at radius 1 is 1.21 bits per heavy atom. The number of aryl methyl sites for hydroxylation is 1. The molecular weight excluding hydrogens is 408 g/mol. The van der Waals surface area contributed by atoms with E-state index in [4.69, 9.17) is 0 Å². The zero-order chi connectivity index (χ0) is 20.1. The van der Waals surface area contributed by atoms with E-state index in [1.54, 1.807) is 6.92 Å². The normalized spacial score (nSPS) is 18.2. The first-order valence-corrected chi connectivity index (χ1v) is 10.4. The van der Waals surface area contributed by atoms with Crippen LogP contribution in [0.2, 0.25) is 0 Å². The molecule has 28 heavy (non-hydrogen) atoms. The van der Waals surface area contributed by atoms with Crippen LogP contribution < -0.4 is 5.32 Å². The number of nitrogens with zero attached hydrogens (tertiary/aromatic N) is 2. The van der Waals surface area contributed by atoms with Gasteiger partial charge in [0, 0.05) is 28.9 Å². The fourth-order valence-electron chi connectivity index (χ4n) is 3.67. The molecule has 2 aromatic heterocycles. The van der Waals surface area contributed by atoms with Gasteiger partial charge in [-0.25, -0.2) is 18.6 Å². The Bertz CT molecular complexity index is 1010. The van der Waals surface area contributed by atoms with Gasteiger partial charge >= 0.3 is 5.97 Å². The summed E-state index contributed by atoms with van der Waals surface area (Å²) in [5.74, 6) is -3.77. The molecule has 10 heteroatoms. The number of carboxylic acid groups (broad SMARTS) is 1. The zero-order valence-electron chi connectivity index (χ0n) is 15.0. The van der Waals surface area contributed by atoms with Crippen molar-refractivity contribution in [2.45, 2.75) is 51.4 Å². The molecule has 148 valence electrons. The minimum absolute atomic E-state index is 0.124. The minimum Gasteiger partial charge on any atom is -0.478 e. The predicted octanol–water partition coefficient (Wildman–Crippen LogP) is 4.20. The van der Waals surface area contributed by atoms with Gasteiger partial charge in [-0.3, -0.25) is 4.79 Å². The molecule has 2 aliphatic rings. The molecule has 2 aromatic rings. The maximum atomic E-state index is 13.9. The van der Waals surface area contributed by atoms with Gasteiger partial charge in [0.15, 0.2) is 0 Å². The first kappa shape index (κ1) is 19.1. The lowest BCUT2D eigenvalue weighted by Gasteiger charge is -2.21. The molecule has 0 atom stereocenters. The molecule has 0 spiro atoms. The van der Waals surface area contributed by atoms with E-state index in [0.717, 1.165) is 28.4 Å². The lowest BCUT2D eigenvalue weighted by molar-refractivity contribution is -0.133. The standard InChI is InChI=1S/C18H17F2N3O3S2/c1-8-21-16(28-23-8)13-11-5-6-18(19,20)7-12(11)27-15(13)22-14(24)9-3-2-4-10(9)17(25)26/h2-7H2,1H3,(H,22,24)(H,25,26). The van der Waals surface area contributed by atoms with Crippen molar-refractivity contribution in [1.82, 2.24) is 9.36 Å². The Morgan fingerprint density at radius 2 is 1.96 bits per heavy atom. The van der Waals surface area contributed by atoms with Crippen molar-refractivity contribution in [1.29, 1.82) is 0 Å². The van der Waals surface area contributed by atoms with E-state index in [0.29, 0.717) is 45.5 Å². The van der Waals surface area contributed by atoms with Gasteiger partial charge < -0.3 is 10.4 Å². The Hall–Kier alpha value is -2.20. The van der Waals surface area contributed by atoms with Gasteiger partial charge in [-0.1, -0.05) is 0 Å². The maximum absolute atomic E-state index is 13.9. The second-order valence-corrected chi connectivity index (χ2v) is 8.81. The molecule has 0 fully saturated rings. The number of hydrogen-bond acceptors (Lipinski definition) is 6. The second-order valence-electron chi connectivity index (χ2n) is 6.96. The average Bonchev–Trinajstić information content (AvgIpc) is 3.31. The summed E-state index contributed by atoms with van der Waals surface area (Å²) in [7, 11) is 0. The van der Waals surface area contributed by atoms with Gasteiger partial charge in [-0.2, -0.15) is 4.37 Å². The molecule has 0 saturated heterocycles. The highest BCUT2D eigenvalue weighted by molar-refractivity contribution is 7.18. The number of aromatic nitrogens is 2. The van der Waals surface area contributed by atoms with Crippen molar-refractivity contribution in [2.75, 3.05) is 5.32 Å². The Balaban J connectivity index is 1.75. The van der Waals surface area contributed by atoms with E-state index < -0.39 is 17.8 Å². The highest BCUT2D eigenvalue weighted by Gasteiger charge is 2.38. The fourth-order valence-corrected chi connectivity index (χ4v) is 5.81. The number of halogens is 2. The summed E-state index contributed by atoms with van der Waals surface area (Å²) >= 11 is 2.28. The van der Waals surface area contributed by atoms with Crippen LogP contribution in [0.5, 0.6) is 0 Å². The van der Waals surface area contributed by atoms with Crippen molar-refractivity contribution < 1.29 is 23.5 Å². The van der Waals surface area contributed by atoms with Gasteiger partial charge in [0.1, 0.15) is 15.8 Å². The van der Waals surface area contributed by atoms with E-state index in [1.807, 2.05) is 0 Å². The maximum Gasteiger partial charge on any atom is 0.332 e. The van der Waals surface area contributed by atoms with Crippen molar-refractivity contribution in [3.8, 4) is 10.6 Å². The summed E-state index contributed by atoms with van der Waals surface area (Å²) in [6, 6.07) is 0. The third-order valence-corrected chi connectivity index (χ3v) is 6.94. The van der Waals surface area contributed by atoms with Crippen LogP contribution in [0, 0.1) is 6.92 Å². The van der Waals surface area contributed by atoms with Crippen molar-refractivity contribution in [3.05, 3.63) is 27.4 Å². The molecule has 0 radical (unpaired) electrons. The molecule has 0 aliphatic heterocycles. The van der Waals surface area contributed by atoms with Crippen LogP contribution in [0.4, 0.5) is 13.8 Å². The smallest absolute Gasteiger partial charge is 0.332 e. The molecule has 4 rings (SSSR count). The quantitative estimate of drug-likeness (QED) is 0.766. The molecule has 0 aromatic carbocycles. The first-order chi connectivity index (χ1) is 13.2. The number of anilines is 1. The van der Waals surface area contributed by atoms with Gasteiger partial charge in [-0.05, 0) is 49.7 Å². The summed E-state index contributed by atoms with van der Waals surface area (Å²) in [5.41, 5.74) is 1.80. The summed E-state index contributed by atoms with van der Waals surface area (Å²) in [5, 5.41) is 13.1. The van der Waals surface area contributed by atoms with Crippen molar-refractivity contribution in [3.63, 3.8) is 0 Å². The monoisotopic (exact) mass is 425 g/mol. The second kappa shape index (κ2) is 7.00. The van der Waals surface area contributed by atoms with E-state index in [2.05, 4.69) is 14.7 Å². The lowest BCUT2D eigenvalue weighted by atomic mass is 9.93. The Kier molecular flexibility index (Phi) is 4.78. The number of aliphatic carboxylic acids is 1. The van der Waals surface area contributed by atoms with E-state index in [1.165, 1.54) is 0 Å². The molecule has 0 unspecified atom stereocenters. The summed E-state index contributed by atoms with van der Waals surface area (Å²) in [4.78, 5) is 29.0. The van der Waals surface area contributed by atoms with Crippen LogP contribution in [0.25, 0.3) is 10.6 Å². The average molecular weight is 425 g/mol. The number of rotatable bonds is 4. The number of thiophene rings is 1. The van der Waals surface area contributed by atoms with Crippen molar-refractivity contribution >= 4 is 39.7 Å². The Labute approximate surface area is 167 Å². The summed E-state index contributed by atoms with van der Waals surface area (Å²) < 4.78 is 32.0. The number of amides is 1. The zero-order valence-corrected chi connectivity index (χ0v) is 16.6. The molecule has 0 saturated carbocycles. The van der Waals surface area contributed by atoms with Crippen LogP contribution in [-0.2, 0) is 22.4 Å². The van der Waals surface area contributed by atoms with Gasteiger partial charge in [0.2, 0.25) is 0 Å². The lowest BCUT2D eigenvalue weighted by Crippen LogP contribution is -2.24. The number of fused-ring (bicyclic) bond motifs is 1. The summed E-state index contributed by atoms with van der Waals surface area (Å²) in [6.07, 6.45) is 0.948. The minimum atomic E-state index is -2.77. The highest BCUT2D eigenvalue weighted by atomic mass is 32.1. The third-order valence-electron chi connectivity index (χ3n) is 4.97. The topological polar surface area (TPSA) is 92.2 Å². The highest BCUT2D eigenvalue weighted by Crippen LogP contribution is 2.47. The van der Waals surface area contributed by atoms with Crippen LogP contribution in [-0.4, -0.2) is 32.3 Å². The van der Waals surface area contributed by atoms with Gasteiger partial charge in [-0.15, -0.1) is 11.3 Å². The summed E-state index contributed by atoms with van der Waals surface area (Å²) in [6.45, 7) is 1.74. The van der Waals surface area contributed by atoms with Crippen LogP contribution in [0.1, 0.15) is 41.9 Å². The number of nitrogens with one attached hydrogen (secondary N) is 1.